The zero-order chi connectivity index (χ0) is 15.5. The first kappa shape index (κ1) is 13.9. The normalized spacial score (nSPS) is 12.1. The highest BCUT2D eigenvalue weighted by Gasteiger charge is 2.19. The molecule has 0 aliphatic heterocycles. The Morgan fingerprint density at radius 1 is 1.45 bits per heavy atom. The largest absolute Gasteiger partial charge is 0.344 e. The number of hydrogen-bond acceptors (Lipinski definition) is 4. The van der Waals surface area contributed by atoms with Gasteiger partial charge in [-0.05, 0) is 23.8 Å². The van der Waals surface area contributed by atoms with Gasteiger partial charge in [0.05, 0.1) is 6.04 Å². The topological polar surface area (TPSA) is 88.5 Å². The van der Waals surface area contributed by atoms with E-state index in [0.29, 0.717) is 16.9 Å². The molecule has 2 aromatic heterocycles. The minimum Gasteiger partial charge on any atom is -0.344 e. The monoisotopic (exact) mass is 300 g/mol. The summed E-state index contributed by atoms with van der Waals surface area (Å²) in [5.41, 5.74) is 1.40. The summed E-state index contributed by atoms with van der Waals surface area (Å²) >= 11 is 0. The maximum atomic E-state index is 14.3. The van der Waals surface area contributed by atoms with Crippen molar-refractivity contribution in [1.29, 1.82) is 0 Å². The number of nitrogens with one attached hydrogen (secondary N) is 2. The Kier molecular flexibility index (Phi) is 3.65. The molecule has 22 heavy (non-hydrogen) atoms. The second-order valence-electron chi connectivity index (χ2n) is 4.69. The van der Waals surface area contributed by atoms with Gasteiger partial charge in [-0.1, -0.05) is 11.3 Å². The van der Waals surface area contributed by atoms with E-state index in [0.717, 1.165) is 0 Å². The van der Waals surface area contributed by atoms with Gasteiger partial charge in [-0.15, -0.1) is 5.10 Å². The van der Waals surface area contributed by atoms with E-state index in [9.17, 15) is 9.18 Å². The molecular formula is C14H13FN6O. The number of halogens is 1. The number of aromatic amines is 1. The van der Waals surface area contributed by atoms with E-state index in [1.807, 2.05) is 0 Å². The Balaban J connectivity index is 1.98. The summed E-state index contributed by atoms with van der Waals surface area (Å²) in [4.78, 5) is 11.4. The molecule has 3 rings (SSSR count). The fraction of sp³-hybridized carbons (Fsp3) is 0.143. The SMILES string of the molecule is CC(=O)NC(c1ccc(-n2cccn2)c(F)c1)c1c[nH]nn1. The number of amides is 1. The standard InChI is InChI=1S/C14H13FN6O/c1-9(22)18-14(12-8-16-20-19-12)10-3-4-13(11(15)7-10)21-6-2-5-17-21/h2-8,14H,1H3,(H,18,22)(H,16,19,20). The van der Waals surface area contributed by atoms with Gasteiger partial charge in [-0.25, -0.2) is 9.07 Å². The number of carbonyl (C=O) groups is 1. The van der Waals surface area contributed by atoms with Gasteiger partial charge in [0.2, 0.25) is 5.91 Å². The van der Waals surface area contributed by atoms with Crippen LogP contribution in [0.2, 0.25) is 0 Å². The van der Waals surface area contributed by atoms with Crippen LogP contribution in [0.5, 0.6) is 0 Å². The summed E-state index contributed by atoms with van der Waals surface area (Å²) in [6.07, 6.45) is 4.78. The number of nitrogens with zero attached hydrogens (tertiary/aromatic N) is 4. The lowest BCUT2D eigenvalue weighted by atomic mass is 10.0. The van der Waals surface area contributed by atoms with E-state index in [4.69, 9.17) is 0 Å². The minimum atomic E-state index is -0.572. The molecule has 1 aromatic carbocycles. The van der Waals surface area contributed by atoms with Crippen molar-refractivity contribution >= 4 is 5.91 Å². The number of H-pyrrole nitrogens is 1. The summed E-state index contributed by atoms with van der Waals surface area (Å²) in [7, 11) is 0. The molecule has 0 saturated heterocycles. The van der Waals surface area contributed by atoms with E-state index in [1.54, 1.807) is 36.8 Å². The predicted octanol–water partition coefficient (Wildman–Crippen LogP) is 1.35. The van der Waals surface area contributed by atoms with Crippen molar-refractivity contribution in [3.63, 3.8) is 0 Å². The van der Waals surface area contributed by atoms with Crippen LogP contribution >= 0.6 is 0 Å². The number of aromatic nitrogens is 5. The van der Waals surface area contributed by atoms with Crippen LogP contribution in [0.1, 0.15) is 24.2 Å². The molecule has 2 N–H and O–H groups in total. The Morgan fingerprint density at radius 3 is 2.91 bits per heavy atom. The van der Waals surface area contributed by atoms with Crippen molar-refractivity contribution in [2.45, 2.75) is 13.0 Å². The fourth-order valence-corrected chi connectivity index (χ4v) is 2.18. The van der Waals surface area contributed by atoms with Crippen LogP contribution in [-0.4, -0.2) is 31.1 Å². The lowest BCUT2D eigenvalue weighted by Crippen LogP contribution is -2.27. The maximum Gasteiger partial charge on any atom is 0.217 e. The van der Waals surface area contributed by atoms with Crippen LogP contribution in [0.3, 0.4) is 0 Å². The first-order chi connectivity index (χ1) is 10.6. The molecule has 2 heterocycles. The van der Waals surface area contributed by atoms with E-state index < -0.39 is 11.9 Å². The highest BCUT2D eigenvalue weighted by atomic mass is 19.1. The third-order valence-electron chi connectivity index (χ3n) is 3.14. The van der Waals surface area contributed by atoms with Crippen molar-refractivity contribution in [1.82, 2.24) is 30.5 Å². The van der Waals surface area contributed by atoms with Gasteiger partial charge in [0.25, 0.3) is 0 Å². The van der Waals surface area contributed by atoms with Gasteiger partial charge >= 0.3 is 0 Å². The van der Waals surface area contributed by atoms with E-state index in [-0.39, 0.29) is 5.91 Å². The summed E-state index contributed by atoms with van der Waals surface area (Å²) in [6.45, 7) is 1.39. The summed E-state index contributed by atoms with van der Waals surface area (Å²) in [6, 6.07) is 5.81. The highest BCUT2D eigenvalue weighted by molar-refractivity contribution is 5.74. The molecule has 0 spiro atoms. The zero-order valence-corrected chi connectivity index (χ0v) is 11.7. The molecule has 3 aromatic rings. The van der Waals surface area contributed by atoms with E-state index in [1.165, 1.54) is 17.7 Å². The summed E-state index contributed by atoms with van der Waals surface area (Å²) < 4.78 is 15.8. The van der Waals surface area contributed by atoms with Gasteiger partial charge in [-0.2, -0.15) is 5.10 Å². The molecule has 112 valence electrons. The lowest BCUT2D eigenvalue weighted by Gasteiger charge is -2.16. The number of rotatable bonds is 4. The molecule has 1 atom stereocenters. The Bertz CT molecular complexity index is 769. The molecule has 0 aliphatic carbocycles. The zero-order valence-electron chi connectivity index (χ0n) is 11.7. The van der Waals surface area contributed by atoms with Crippen LogP contribution in [0.15, 0.2) is 42.9 Å². The minimum absolute atomic E-state index is 0.246. The van der Waals surface area contributed by atoms with Gasteiger partial charge in [0.1, 0.15) is 17.2 Å². The van der Waals surface area contributed by atoms with Crippen molar-refractivity contribution < 1.29 is 9.18 Å². The Hall–Kier alpha value is -3.03. The third-order valence-corrected chi connectivity index (χ3v) is 3.14. The smallest absolute Gasteiger partial charge is 0.217 e. The Labute approximate surface area is 125 Å². The second kappa shape index (κ2) is 5.76. The Morgan fingerprint density at radius 2 is 2.32 bits per heavy atom. The molecule has 7 nitrogen and oxygen atoms in total. The van der Waals surface area contributed by atoms with Crippen molar-refractivity contribution in [3.8, 4) is 5.69 Å². The molecular weight excluding hydrogens is 287 g/mol. The molecule has 0 aliphatic rings. The molecule has 0 fully saturated rings. The van der Waals surface area contributed by atoms with Crippen LogP contribution in [0, 0.1) is 5.82 Å². The predicted molar refractivity (Wildman–Crippen MR) is 75.6 cm³/mol. The molecule has 1 amide bonds. The van der Waals surface area contributed by atoms with Crippen molar-refractivity contribution in [2.24, 2.45) is 0 Å². The fourth-order valence-electron chi connectivity index (χ4n) is 2.18. The van der Waals surface area contributed by atoms with Crippen LogP contribution in [0.4, 0.5) is 4.39 Å². The first-order valence-corrected chi connectivity index (χ1v) is 6.58. The third kappa shape index (κ3) is 2.71. The first-order valence-electron chi connectivity index (χ1n) is 6.58. The average Bonchev–Trinajstić information content (AvgIpc) is 3.17. The molecule has 0 radical (unpaired) electrons. The van der Waals surface area contributed by atoms with Gasteiger partial charge in [0, 0.05) is 25.5 Å². The van der Waals surface area contributed by atoms with Crippen molar-refractivity contribution in [2.75, 3.05) is 0 Å². The van der Waals surface area contributed by atoms with Crippen LogP contribution < -0.4 is 5.32 Å². The van der Waals surface area contributed by atoms with Gasteiger partial charge < -0.3 is 5.32 Å². The molecule has 0 saturated carbocycles. The van der Waals surface area contributed by atoms with Gasteiger partial charge in [-0.3, -0.25) is 9.89 Å². The number of hydrogen-bond donors (Lipinski definition) is 2. The van der Waals surface area contributed by atoms with Crippen molar-refractivity contribution in [3.05, 3.63) is 59.9 Å². The summed E-state index contributed by atoms with van der Waals surface area (Å²) in [5, 5.41) is 16.8. The average molecular weight is 300 g/mol. The molecule has 0 bridgehead atoms. The lowest BCUT2D eigenvalue weighted by molar-refractivity contribution is -0.119. The van der Waals surface area contributed by atoms with E-state index in [2.05, 4.69) is 25.8 Å². The number of carbonyl (C=O) groups excluding carboxylic acids is 1. The maximum absolute atomic E-state index is 14.3. The van der Waals surface area contributed by atoms with Gasteiger partial charge in [0.15, 0.2) is 0 Å². The number of benzene rings is 1. The second-order valence-corrected chi connectivity index (χ2v) is 4.69. The quantitative estimate of drug-likeness (QED) is 0.761. The summed E-state index contributed by atoms with van der Waals surface area (Å²) in [5.74, 6) is -0.690. The van der Waals surface area contributed by atoms with Crippen LogP contribution in [0.25, 0.3) is 5.69 Å². The molecule has 1 unspecified atom stereocenters. The molecule has 8 heteroatoms. The highest BCUT2D eigenvalue weighted by Crippen LogP contribution is 2.23. The van der Waals surface area contributed by atoms with Crippen LogP contribution in [-0.2, 0) is 4.79 Å². The van der Waals surface area contributed by atoms with E-state index >= 15 is 0 Å².